The van der Waals surface area contributed by atoms with Gasteiger partial charge in [0.05, 0.1) is 19.0 Å². The number of rotatable bonds is 7. The summed E-state index contributed by atoms with van der Waals surface area (Å²) >= 11 is 0. The first-order chi connectivity index (χ1) is 14.0. The molecule has 1 aromatic heterocycles. The molecule has 0 bridgehead atoms. The van der Waals surface area contributed by atoms with Crippen molar-refractivity contribution in [1.29, 1.82) is 0 Å². The van der Waals surface area contributed by atoms with E-state index in [4.69, 9.17) is 4.74 Å². The molecule has 2 amide bonds. The van der Waals surface area contributed by atoms with E-state index < -0.39 is 0 Å². The maximum atomic E-state index is 12.4. The Balaban J connectivity index is 1.62. The topological polar surface area (TPSA) is 85.2 Å². The minimum atomic E-state index is -0.195. The van der Waals surface area contributed by atoms with Gasteiger partial charge in [-0.2, -0.15) is 5.10 Å². The summed E-state index contributed by atoms with van der Waals surface area (Å²) in [5.74, 6) is 0.487. The SMILES string of the molecule is COc1ccc(NC(=O)c2ccc(-n3cc(CNC(=O)C(C)C)cn3)cc2)cc1. The molecule has 0 aliphatic heterocycles. The Morgan fingerprint density at radius 2 is 1.76 bits per heavy atom. The summed E-state index contributed by atoms with van der Waals surface area (Å²) in [4.78, 5) is 24.1. The van der Waals surface area contributed by atoms with Crippen LogP contribution in [0.25, 0.3) is 5.69 Å². The van der Waals surface area contributed by atoms with Crippen molar-refractivity contribution >= 4 is 17.5 Å². The summed E-state index contributed by atoms with van der Waals surface area (Å²) in [6.45, 7) is 4.13. The average Bonchev–Trinajstić information content (AvgIpc) is 3.21. The van der Waals surface area contributed by atoms with Crippen LogP contribution in [-0.2, 0) is 11.3 Å². The van der Waals surface area contributed by atoms with Crippen LogP contribution in [0.4, 0.5) is 5.69 Å². The van der Waals surface area contributed by atoms with Gasteiger partial charge in [-0.25, -0.2) is 4.68 Å². The molecule has 0 saturated heterocycles. The molecular formula is C22H24N4O3. The maximum Gasteiger partial charge on any atom is 0.255 e. The molecular weight excluding hydrogens is 368 g/mol. The number of benzene rings is 2. The molecule has 0 fully saturated rings. The molecule has 150 valence electrons. The van der Waals surface area contributed by atoms with Crippen molar-refractivity contribution in [2.45, 2.75) is 20.4 Å². The van der Waals surface area contributed by atoms with E-state index in [2.05, 4.69) is 15.7 Å². The van der Waals surface area contributed by atoms with Gasteiger partial charge in [-0.05, 0) is 48.5 Å². The first-order valence-corrected chi connectivity index (χ1v) is 9.33. The molecule has 0 radical (unpaired) electrons. The second-order valence-electron chi connectivity index (χ2n) is 6.90. The van der Waals surface area contributed by atoms with Crippen LogP contribution in [0.1, 0.15) is 29.8 Å². The number of ether oxygens (including phenoxy) is 1. The maximum absolute atomic E-state index is 12.4. The van der Waals surface area contributed by atoms with Gasteiger partial charge in [-0.3, -0.25) is 9.59 Å². The molecule has 0 atom stereocenters. The standard InChI is InChI=1S/C22H24N4O3/c1-15(2)21(27)23-12-16-13-24-26(14-16)19-8-4-17(5-9-19)22(28)25-18-6-10-20(29-3)11-7-18/h4-11,13-15H,12H2,1-3H3,(H,23,27)(H,25,28). The lowest BCUT2D eigenvalue weighted by Crippen LogP contribution is -2.26. The van der Waals surface area contributed by atoms with Gasteiger partial charge in [0, 0.05) is 35.5 Å². The third kappa shape index (κ3) is 5.22. The van der Waals surface area contributed by atoms with E-state index >= 15 is 0 Å². The van der Waals surface area contributed by atoms with Crippen LogP contribution < -0.4 is 15.4 Å². The van der Waals surface area contributed by atoms with Crippen molar-refractivity contribution < 1.29 is 14.3 Å². The predicted molar refractivity (Wildman–Crippen MR) is 111 cm³/mol. The molecule has 7 nitrogen and oxygen atoms in total. The summed E-state index contributed by atoms with van der Waals surface area (Å²) in [5, 5.41) is 10.0. The summed E-state index contributed by atoms with van der Waals surface area (Å²) < 4.78 is 6.82. The summed E-state index contributed by atoms with van der Waals surface area (Å²) in [6.07, 6.45) is 3.57. The second-order valence-corrected chi connectivity index (χ2v) is 6.90. The molecule has 0 unspecified atom stereocenters. The lowest BCUT2D eigenvalue weighted by atomic mass is 10.2. The molecule has 3 rings (SSSR count). The van der Waals surface area contributed by atoms with Gasteiger partial charge in [-0.1, -0.05) is 13.8 Å². The van der Waals surface area contributed by atoms with Crippen molar-refractivity contribution in [1.82, 2.24) is 15.1 Å². The fraction of sp³-hybridized carbons (Fsp3) is 0.227. The van der Waals surface area contributed by atoms with E-state index in [-0.39, 0.29) is 17.7 Å². The molecule has 2 N–H and O–H groups in total. The zero-order valence-corrected chi connectivity index (χ0v) is 16.7. The highest BCUT2D eigenvalue weighted by Gasteiger charge is 2.09. The third-order valence-electron chi connectivity index (χ3n) is 4.37. The van der Waals surface area contributed by atoms with E-state index in [1.807, 2.05) is 32.2 Å². The summed E-state index contributed by atoms with van der Waals surface area (Å²) in [7, 11) is 1.60. The Morgan fingerprint density at radius 3 is 2.38 bits per heavy atom. The number of anilines is 1. The lowest BCUT2D eigenvalue weighted by Gasteiger charge is -2.07. The van der Waals surface area contributed by atoms with E-state index in [1.54, 1.807) is 54.4 Å². The van der Waals surface area contributed by atoms with E-state index in [0.717, 1.165) is 17.0 Å². The van der Waals surface area contributed by atoms with Crippen LogP contribution in [0.5, 0.6) is 5.75 Å². The zero-order valence-electron chi connectivity index (χ0n) is 16.7. The number of carbonyl (C=O) groups is 2. The van der Waals surface area contributed by atoms with Crippen LogP contribution in [0.15, 0.2) is 60.9 Å². The minimum Gasteiger partial charge on any atom is -0.497 e. The van der Waals surface area contributed by atoms with Crippen LogP contribution in [0, 0.1) is 5.92 Å². The molecule has 7 heteroatoms. The molecule has 1 heterocycles. The largest absolute Gasteiger partial charge is 0.497 e. The molecule has 0 saturated carbocycles. The summed E-state index contributed by atoms with van der Waals surface area (Å²) in [6, 6.07) is 14.3. The van der Waals surface area contributed by atoms with Gasteiger partial charge in [-0.15, -0.1) is 0 Å². The van der Waals surface area contributed by atoms with Crippen molar-refractivity contribution in [3.63, 3.8) is 0 Å². The smallest absolute Gasteiger partial charge is 0.255 e. The monoisotopic (exact) mass is 392 g/mol. The van der Waals surface area contributed by atoms with Gasteiger partial charge in [0.2, 0.25) is 5.91 Å². The van der Waals surface area contributed by atoms with Crippen molar-refractivity contribution in [2.75, 3.05) is 12.4 Å². The summed E-state index contributed by atoms with van der Waals surface area (Å²) in [5.41, 5.74) is 2.97. The van der Waals surface area contributed by atoms with Gasteiger partial charge >= 0.3 is 0 Å². The number of hydrogen-bond acceptors (Lipinski definition) is 4. The molecule has 2 aromatic carbocycles. The highest BCUT2D eigenvalue weighted by Crippen LogP contribution is 2.17. The van der Waals surface area contributed by atoms with Crippen molar-refractivity contribution in [2.24, 2.45) is 5.92 Å². The first kappa shape index (κ1) is 20.1. The van der Waals surface area contributed by atoms with Crippen LogP contribution >= 0.6 is 0 Å². The number of aromatic nitrogens is 2. The van der Waals surface area contributed by atoms with Crippen molar-refractivity contribution in [3.05, 3.63) is 72.1 Å². The number of methoxy groups -OCH3 is 1. The molecule has 0 aliphatic rings. The third-order valence-corrected chi connectivity index (χ3v) is 4.37. The van der Waals surface area contributed by atoms with Gasteiger partial charge in [0.15, 0.2) is 0 Å². The van der Waals surface area contributed by atoms with Gasteiger partial charge in [0.25, 0.3) is 5.91 Å². The Labute approximate surface area is 169 Å². The first-order valence-electron chi connectivity index (χ1n) is 9.33. The van der Waals surface area contributed by atoms with Gasteiger partial charge < -0.3 is 15.4 Å². The average molecular weight is 392 g/mol. The molecule has 0 spiro atoms. The van der Waals surface area contributed by atoms with E-state index in [1.165, 1.54) is 0 Å². The van der Waals surface area contributed by atoms with E-state index in [0.29, 0.717) is 17.8 Å². The van der Waals surface area contributed by atoms with E-state index in [9.17, 15) is 9.59 Å². The number of carbonyl (C=O) groups excluding carboxylic acids is 2. The fourth-order valence-corrected chi connectivity index (χ4v) is 2.63. The molecule has 3 aromatic rings. The van der Waals surface area contributed by atoms with Crippen LogP contribution in [-0.4, -0.2) is 28.7 Å². The highest BCUT2D eigenvalue weighted by atomic mass is 16.5. The normalized spacial score (nSPS) is 10.6. The molecule has 0 aliphatic carbocycles. The Bertz CT molecular complexity index is 976. The number of hydrogen-bond donors (Lipinski definition) is 2. The number of amides is 2. The van der Waals surface area contributed by atoms with Gasteiger partial charge in [0.1, 0.15) is 5.75 Å². The highest BCUT2D eigenvalue weighted by molar-refractivity contribution is 6.04. The number of nitrogens with zero attached hydrogens (tertiary/aromatic N) is 2. The predicted octanol–water partition coefficient (Wildman–Crippen LogP) is 3.41. The molecule has 29 heavy (non-hydrogen) atoms. The van der Waals surface area contributed by atoms with Crippen LogP contribution in [0.2, 0.25) is 0 Å². The minimum absolute atomic E-state index is 0.00461. The van der Waals surface area contributed by atoms with Crippen LogP contribution in [0.3, 0.4) is 0 Å². The Morgan fingerprint density at radius 1 is 1.07 bits per heavy atom. The number of nitrogens with one attached hydrogen (secondary N) is 2. The zero-order chi connectivity index (χ0) is 20.8. The lowest BCUT2D eigenvalue weighted by molar-refractivity contribution is -0.124. The Hall–Kier alpha value is -3.61. The Kier molecular flexibility index (Phi) is 6.29. The fourth-order valence-electron chi connectivity index (χ4n) is 2.63. The van der Waals surface area contributed by atoms with Crippen molar-refractivity contribution in [3.8, 4) is 11.4 Å². The second kappa shape index (κ2) is 9.05. The quantitative estimate of drug-likeness (QED) is 0.645.